The molecule has 1 N–H and O–H groups in total. The fourth-order valence-corrected chi connectivity index (χ4v) is 3.11. The van der Waals surface area contributed by atoms with Crippen molar-refractivity contribution in [3.05, 3.63) is 23.7 Å². The lowest BCUT2D eigenvalue weighted by Gasteiger charge is -2.36. The van der Waals surface area contributed by atoms with Gasteiger partial charge >= 0.3 is 0 Å². The number of nitrogens with zero attached hydrogens (tertiary/aromatic N) is 1. The summed E-state index contributed by atoms with van der Waals surface area (Å²) in [5.74, 6) is 2.01. The second kappa shape index (κ2) is 4.22. The van der Waals surface area contributed by atoms with Crippen molar-refractivity contribution in [3.63, 3.8) is 0 Å². The Kier molecular flexibility index (Phi) is 2.74. The molecule has 3 heterocycles. The standard InChI is InChI=1S/C13H20N2O/c1-10-4-6-16-13(10)9-15-5-2-3-11-7-14-8-12(11)15/h4,6,11-12,14H,2-3,5,7-9H2,1H3. The molecule has 3 rings (SSSR count). The quantitative estimate of drug-likeness (QED) is 0.823. The first-order chi connectivity index (χ1) is 7.84. The van der Waals surface area contributed by atoms with Crippen LogP contribution in [0.25, 0.3) is 0 Å². The van der Waals surface area contributed by atoms with E-state index in [1.54, 1.807) is 6.26 Å². The Bertz CT molecular complexity index is 361. The SMILES string of the molecule is Cc1ccoc1CN1CCCC2CNCC21. The zero-order chi connectivity index (χ0) is 11.0. The fourth-order valence-electron chi connectivity index (χ4n) is 3.11. The van der Waals surface area contributed by atoms with E-state index in [-0.39, 0.29) is 0 Å². The Morgan fingerprint density at radius 2 is 2.44 bits per heavy atom. The minimum Gasteiger partial charge on any atom is -0.468 e. The van der Waals surface area contributed by atoms with E-state index in [0.717, 1.165) is 30.8 Å². The highest BCUT2D eigenvalue weighted by Crippen LogP contribution is 2.28. The van der Waals surface area contributed by atoms with Crippen LogP contribution in [-0.2, 0) is 6.54 Å². The first-order valence-corrected chi connectivity index (χ1v) is 6.32. The molecule has 16 heavy (non-hydrogen) atoms. The van der Waals surface area contributed by atoms with Crippen molar-refractivity contribution < 1.29 is 4.42 Å². The minimum absolute atomic E-state index is 0.734. The van der Waals surface area contributed by atoms with Crippen molar-refractivity contribution in [1.29, 1.82) is 0 Å². The van der Waals surface area contributed by atoms with Crippen LogP contribution >= 0.6 is 0 Å². The van der Waals surface area contributed by atoms with Crippen molar-refractivity contribution in [2.75, 3.05) is 19.6 Å². The molecule has 0 bridgehead atoms. The first-order valence-electron chi connectivity index (χ1n) is 6.32. The summed E-state index contributed by atoms with van der Waals surface area (Å²) >= 11 is 0. The third-order valence-corrected chi connectivity index (χ3v) is 4.11. The van der Waals surface area contributed by atoms with E-state index in [4.69, 9.17) is 4.42 Å². The van der Waals surface area contributed by atoms with Gasteiger partial charge in [-0.2, -0.15) is 0 Å². The topological polar surface area (TPSA) is 28.4 Å². The van der Waals surface area contributed by atoms with Crippen molar-refractivity contribution in [1.82, 2.24) is 10.2 Å². The van der Waals surface area contributed by atoms with Crippen LogP contribution in [0.3, 0.4) is 0 Å². The number of likely N-dealkylation sites (tertiary alicyclic amines) is 1. The van der Waals surface area contributed by atoms with E-state index >= 15 is 0 Å². The molecule has 0 spiro atoms. The molecule has 2 aliphatic rings. The minimum atomic E-state index is 0.734. The largest absolute Gasteiger partial charge is 0.468 e. The predicted molar refractivity (Wildman–Crippen MR) is 63.2 cm³/mol. The van der Waals surface area contributed by atoms with Crippen LogP contribution in [0.2, 0.25) is 0 Å². The summed E-state index contributed by atoms with van der Waals surface area (Å²) in [6, 6.07) is 2.79. The first kappa shape index (κ1) is 10.4. The zero-order valence-corrected chi connectivity index (χ0v) is 9.91. The molecule has 2 aliphatic heterocycles. The summed E-state index contributed by atoms with van der Waals surface area (Å²) in [4.78, 5) is 2.60. The second-order valence-electron chi connectivity index (χ2n) is 5.13. The van der Waals surface area contributed by atoms with Gasteiger partial charge in [-0.15, -0.1) is 0 Å². The normalized spacial score (nSPS) is 30.6. The van der Waals surface area contributed by atoms with Gasteiger partial charge in [-0.1, -0.05) is 0 Å². The Hall–Kier alpha value is -0.800. The molecule has 2 atom stereocenters. The third kappa shape index (κ3) is 1.78. The van der Waals surface area contributed by atoms with Crippen LogP contribution in [-0.4, -0.2) is 30.6 Å². The van der Waals surface area contributed by atoms with Crippen LogP contribution in [0.5, 0.6) is 0 Å². The third-order valence-electron chi connectivity index (χ3n) is 4.11. The van der Waals surface area contributed by atoms with E-state index in [0.29, 0.717) is 0 Å². The molecular formula is C13H20N2O. The smallest absolute Gasteiger partial charge is 0.120 e. The maximum absolute atomic E-state index is 5.55. The van der Waals surface area contributed by atoms with E-state index < -0.39 is 0 Å². The Morgan fingerprint density at radius 3 is 3.25 bits per heavy atom. The number of nitrogens with one attached hydrogen (secondary N) is 1. The summed E-state index contributed by atoms with van der Waals surface area (Å²) in [5.41, 5.74) is 1.29. The highest BCUT2D eigenvalue weighted by atomic mass is 16.3. The van der Waals surface area contributed by atoms with Crippen molar-refractivity contribution in [3.8, 4) is 0 Å². The van der Waals surface area contributed by atoms with E-state index in [1.165, 1.54) is 31.5 Å². The summed E-state index contributed by atoms with van der Waals surface area (Å²) in [6.07, 6.45) is 4.53. The lowest BCUT2D eigenvalue weighted by atomic mass is 9.92. The van der Waals surface area contributed by atoms with Gasteiger partial charge in [-0.3, -0.25) is 4.90 Å². The number of hydrogen-bond acceptors (Lipinski definition) is 3. The van der Waals surface area contributed by atoms with Crippen LogP contribution in [0.15, 0.2) is 16.7 Å². The highest BCUT2D eigenvalue weighted by Gasteiger charge is 2.35. The number of hydrogen-bond donors (Lipinski definition) is 1. The monoisotopic (exact) mass is 220 g/mol. The van der Waals surface area contributed by atoms with Gasteiger partial charge in [0.15, 0.2) is 0 Å². The fraction of sp³-hybridized carbons (Fsp3) is 0.692. The molecule has 3 heteroatoms. The van der Waals surface area contributed by atoms with Gasteiger partial charge in [-0.05, 0) is 50.4 Å². The molecule has 2 unspecified atom stereocenters. The Morgan fingerprint density at radius 1 is 1.50 bits per heavy atom. The molecule has 2 saturated heterocycles. The van der Waals surface area contributed by atoms with Gasteiger partial charge in [0.1, 0.15) is 5.76 Å². The van der Waals surface area contributed by atoms with Gasteiger partial charge in [0.05, 0.1) is 12.8 Å². The molecule has 3 nitrogen and oxygen atoms in total. The summed E-state index contributed by atoms with van der Waals surface area (Å²) < 4.78 is 5.55. The maximum atomic E-state index is 5.55. The molecule has 1 aromatic rings. The molecule has 1 aromatic heterocycles. The average molecular weight is 220 g/mol. The van der Waals surface area contributed by atoms with Crippen molar-refractivity contribution in [2.45, 2.75) is 32.4 Å². The molecule has 2 fully saturated rings. The van der Waals surface area contributed by atoms with Crippen molar-refractivity contribution >= 4 is 0 Å². The zero-order valence-electron chi connectivity index (χ0n) is 9.91. The molecule has 0 aliphatic carbocycles. The van der Waals surface area contributed by atoms with Crippen LogP contribution < -0.4 is 5.32 Å². The molecule has 0 saturated carbocycles. The van der Waals surface area contributed by atoms with Gasteiger partial charge in [-0.25, -0.2) is 0 Å². The van der Waals surface area contributed by atoms with Gasteiger partial charge in [0.25, 0.3) is 0 Å². The van der Waals surface area contributed by atoms with E-state index in [1.807, 2.05) is 0 Å². The predicted octanol–water partition coefficient (Wildman–Crippen LogP) is 1.77. The Balaban J connectivity index is 1.72. The van der Waals surface area contributed by atoms with Crippen LogP contribution in [0.4, 0.5) is 0 Å². The second-order valence-corrected chi connectivity index (χ2v) is 5.13. The summed E-state index contributed by atoms with van der Waals surface area (Å²) in [5, 5.41) is 3.52. The van der Waals surface area contributed by atoms with E-state index in [9.17, 15) is 0 Å². The Labute approximate surface area is 96.8 Å². The molecule has 88 valence electrons. The molecule has 0 aromatic carbocycles. The number of aryl methyl sites for hydroxylation is 1. The lowest BCUT2D eigenvalue weighted by Crippen LogP contribution is -2.44. The number of furan rings is 1. The van der Waals surface area contributed by atoms with Gasteiger partial charge < -0.3 is 9.73 Å². The van der Waals surface area contributed by atoms with Gasteiger partial charge in [0, 0.05) is 12.6 Å². The number of rotatable bonds is 2. The number of fused-ring (bicyclic) bond motifs is 1. The summed E-state index contributed by atoms with van der Waals surface area (Å²) in [7, 11) is 0. The molecular weight excluding hydrogens is 200 g/mol. The molecule has 0 radical (unpaired) electrons. The highest BCUT2D eigenvalue weighted by molar-refractivity contribution is 5.14. The van der Waals surface area contributed by atoms with Crippen molar-refractivity contribution in [2.24, 2.45) is 5.92 Å². The number of piperidine rings is 1. The van der Waals surface area contributed by atoms with Gasteiger partial charge in [0.2, 0.25) is 0 Å². The van der Waals surface area contributed by atoms with Crippen LogP contribution in [0.1, 0.15) is 24.2 Å². The maximum Gasteiger partial charge on any atom is 0.120 e. The lowest BCUT2D eigenvalue weighted by molar-refractivity contribution is 0.109. The molecule has 0 amide bonds. The average Bonchev–Trinajstić information content (AvgIpc) is 2.89. The van der Waals surface area contributed by atoms with E-state index in [2.05, 4.69) is 23.2 Å². The summed E-state index contributed by atoms with van der Waals surface area (Å²) in [6.45, 7) is 6.71. The van der Waals surface area contributed by atoms with Crippen LogP contribution in [0, 0.1) is 12.8 Å².